The van der Waals surface area contributed by atoms with Gasteiger partial charge in [-0.15, -0.1) is 0 Å². The molecule has 260 valence electrons. The summed E-state index contributed by atoms with van der Waals surface area (Å²) >= 11 is 0. The SMILES string of the molecule is Cc1c(C(=O)N2CCN(C)CC2)c(-c2cccc3ccccc23)cn1-c1cncn1CC1CCN(Cc2ccc(Oc3ccccc3)cc2)CC1. The summed E-state index contributed by atoms with van der Waals surface area (Å²) in [4.78, 5) is 25.9. The quantitative estimate of drug-likeness (QED) is 0.156. The Labute approximate surface area is 300 Å². The summed E-state index contributed by atoms with van der Waals surface area (Å²) in [6.07, 6.45) is 8.34. The number of likely N-dealkylation sites (N-methyl/N-ethyl adjacent to an activating group) is 1. The highest BCUT2D eigenvalue weighted by Gasteiger charge is 2.29. The van der Waals surface area contributed by atoms with Crippen LogP contribution in [0.15, 0.2) is 116 Å². The van der Waals surface area contributed by atoms with Gasteiger partial charge in [-0.1, -0.05) is 72.8 Å². The van der Waals surface area contributed by atoms with Crippen molar-refractivity contribution < 1.29 is 9.53 Å². The van der Waals surface area contributed by atoms with E-state index in [0.717, 1.165) is 110 Å². The van der Waals surface area contributed by atoms with E-state index in [9.17, 15) is 4.79 Å². The highest BCUT2D eigenvalue weighted by molar-refractivity contribution is 6.07. The number of piperidine rings is 1. The van der Waals surface area contributed by atoms with E-state index in [4.69, 9.17) is 4.74 Å². The topological polar surface area (TPSA) is 58.8 Å². The van der Waals surface area contributed by atoms with Gasteiger partial charge >= 0.3 is 0 Å². The Morgan fingerprint density at radius 3 is 2.27 bits per heavy atom. The van der Waals surface area contributed by atoms with Gasteiger partial charge < -0.3 is 23.7 Å². The van der Waals surface area contributed by atoms with Crippen molar-refractivity contribution in [1.82, 2.24) is 28.8 Å². The summed E-state index contributed by atoms with van der Waals surface area (Å²) in [7, 11) is 2.12. The molecule has 2 aliphatic heterocycles. The summed E-state index contributed by atoms with van der Waals surface area (Å²) in [6.45, 7) is 9.30. The average molecular weight is 679 g/mol. The summed E-state index contributed by atoms with van der Waals surface area (Å²) in [5.74, 6) is 3.38. The third kappa shape index (κ3) is 7.07. The number of carbonyl (C=O) groups is 1. The van der Waals surface area contributed by atoms with Crippen LogP contribution in [0.4, 0.5) is 0 Å². The molecular weight excluding hydrogens is 633 g/mol. The number of imidazole rings is 1. The third-order valence-corrected chi connectivity index (χ3v) is 10.7. The Kier molecular flexibility index (Phi) is 9.43. The molecule has 0 spiro atoms. The highest BCUT2D eigenvalue weighted by atomic mass is 16.5. The number of rotatable bonds is 9. The Hall–Kier alpha value is -5.18. The van der Waals surface area contributed by atoms with E-state index < -0.39 is 0 Å². The van der Waals surface area contributed by atoms with Crippen LogP contribution in [0.25, 0.3) is 27.7 Å². The van der Waals surface area contributed by atoms with E-state index in [1.165, 1.54) is 10.9 Å². The maximum Gasteiger partial charge on any atom is 0.256 e. The van der Waals surface area contributed by atoms with E-state index in [2.05, 4.69) is 111 Å². The molecule has 1 amide bonds. The van der Waals surface area contributed by atoms with Gasteiger partial charge in [0.2, 0.25) is 0 Å². The zero-order valence-electron chi connectivity index (χ0n) is 29.6. The van der Waals surface area contributed by atoms with Crippen LogP contribution >= 0.6 is 0 Å². The van der Waals surface area contributed by atoms with Gasteiger partial charge in [-0.25, -0.2) is 4.98 Å². The number of amides is 1. The second-order valence-corrected chi connectivity index (χ2v) is 14.2. The van der Waals surface area contributed by atoms with Crippen molar-refractivity contribution in [2.75, 3.05) is 46.3 Å². The molecule has 0 unspecified atom stereocenters. The second-order valence-electron chi connectivity index (χ2n) is 14.2. The fourth-order valence-electron chi connectivity index (χ4n) is 7.75. The fraction of sp³-hybridized carbons (Fsp3) is 0.302. The molecule has 2 aliphatic rings. The van der Waals surface area contributed by atoms with E-state index in [-0.39, 0.29) is 5.91 Å². The van der Waals surface area contributed by atoms with Crippen molar-refractivity contribution in [2.24, 2.45) is 5.92 Å². The molecule has 0 atom stereocenters. The Bertz CT molecular complexity index is 2100. The van der Waals surface area contributed by atoms with Crippen molar-refractivity contribution in [1.29, 1.82) is 0 Å². The largest absolute Gasteiger partial charge is 0.457 e. The molecule has 0 saturated carbocycles. The van der Waals surface area contributed by atoms with Crippen LogP contribution in [0.5, 0.6) is 11.5 Å². The van der Waals surface area contributed by atoms with Gasteiger partial charge in [0.15, 0.2) is 0 Å². The van der Waals surface area contributed by atoms with Gasteiger partial charge in [0.25, 0.3) is 5.91 Å². The number of likely N-dealkylation sites (tertiary alicyclic amines) is 1. The Morgan fingerprint density at radius 1 is 0.784 bits per heavy atom. The lowest BCUT2D eigenvalue weighted by Gasteiger charge is -2.33. The summed E-state index contributed by atoms with van der Waals surface area (Å²) in [5.41, 5.74) is 5.12. The first-order valence-electron chi connectivity index (χ1n) is 18.2. The normalized spacial score (nSPS) is 16.2. The summed E-state index contributed by atoms with van der Waals surface area (Å²) in [6, 6.07) is 33.2. The maximum atomic E-state index is 14.4. The van der Waals surface area contributed by atoms with E-state index in [0.29, 0.717) is 5.92 Å². The smallest absolute Gasteiger partial charge is 0.256 e. The zero-order chi connectivity index (χ0) is 34.7. The molecule has 6 aromatic rings. The first-order chi connectivity index (χ1) is 25.0. The van der Waals surface area contributed by atoms with Crippen LogP contribution in [0.1, 0.15) is 34.5 Å². The van der Waals surface area contributed by atoms with E-state index >= 15 is 0 Å². The lowest BCUT2D eigenvalue weighted by atomic mass is 9.96. The van der Waals surface area contributed by atoms with Gasteiger partial charge in [0, 0.05) is 56.7 Å². The number of hydrogen-bond donors (Lipinski definition) is 0. The minimum Gasteiger partial charge on any atom is -0.457 e. The van der Waals surface area contributed by atoms with E-state index in [1.807, 2.05) is 47.8 Å². The molecule has 4 aromatic carbocycles. The summed E-state index contributed by atoms with van der Waals surface area (Å²) < 4.78 is 10.5. The van der Waals surface area contributed by atoms with Crippen molar-refractivity contribution in [3.8, 4) is 28.4 Å². The number of fused-ring (bicyclic) bond motifs is 1. The van der Waals surface area contributed by atoms with Crippen LogP contribution < -0.4 is 4.74 Å². The van der Waals surface area contributed by atoms with E-state index in [1.54, 1.807) is 0 Å². The highest BCUT2D eigenvalue weighted by Crippen LogP contribution is 2.36. The molecule has 51 heavy (non-hydrogen) atoms. The zero-order valence-corrected chi connectivity index (χ0v) is 29.6. The minimum atomic E-state index is 0.110. The maximum absolute atomic E-state index is 14.4. The van der Waals surface area contributed by atoms with Gasteiger partial charge in [0.05, 0.1) is 18.1 Å². The van der Waals surface area contributed by atoms with Gasteiger partial charge in [-0.3, -0.25) is 9.69 Å². The number of ether oxygens (including phenoxy) is 1. The predicted octanol–water partition coefficient (Wildman–Crippen LogP) is 7.89. The van der Waals surface area contributed by atoms with Crippen molar-refractivity contribution in [3.05, 3.63) is 133 Å². The number of nitrogens with zero attached hydrogens (tertiary/aromatic N) is 6. The number of aromatic nitrogens is 3. The molecule has 2 fully saturated rings. The summed E-state index contributed by atoms with van der Waals surface area (Å²) in [5, 5.41) is 2.32. The number of piperazine rings is 1. The van der Waals surface area contributed by atoms with Crippen molar-refractivity contribution in [2.45, 2.75) is 32.9 Å². The van der Waals surface area contributed by atoms with Crippen LogP contribution in [0, 0.1) is 12.8 Å². The van der Waals surface area contributed by atoms with Crippen LogP contribution in [0.3, 0.4) is 0 Å². The van der Waals surface area contributed by atoms with Crippen LogP contribution in [-0.4, -0.2) is 81.0 Å². The minimum absolute atomic E-state index is 0.110. The predicted molar refractivity (Wildman–Crippen MR) is 204 cm³/mol. The van der Waals surface area contributed by atoms with Crippen molar-refractivity contribution >= 4 is 16.7 Å². The standard InChI is InChI=1S/C43H46N6O2/c1-32-42(43(50)47-25-23-45(2)24-26-47)40(39-14-8-10-35-9-6-7-13-38(35)39)30-49(32)41-27-44-31-48(41)29-34-19-21-46(22-20-34)28-33-15-17-37(18-16-33)51-36-11-4-3-5-12-36/h3-18,27,30-31,34H,19-26,28-29H2,1-2H3. The molecule has 8 rings (SSSR count). The fourth-order valence-corrected chi connectivity index (χ4v) is 7.75. The molecule has 0 aliphatic carbocycles. The Morgan fingerprint density at radius 2 is 1.49 bits per heavy atom. The van der Waals surface area contributed by atoms with Gasteiger partial charge in [-0.05, 0) is 92.0 Å². The molecule has 8 heteroatoms. The first-order valence-corrected chi connectivity index (χ1v) is 18.2. The van der Waals surface area contributed by atoms with Crippen molar-refractivity contribution in [3.63, 3.8) is 0 Å². The lowest BCUT2D eigenvalue weighted by molar-refractivity contribution is 0.0664. The van der Waals surface area contributed by atoms with Gasteiger partial charge in [-0.2, -0.15) is 0 Å². The first kappa shape index (κ1) is 33.0. The molecule has 2 saturated heterocycles. The number of para-hydroxylation sites is 1. The number of carbonyl (C=O) groups excluding carboxylic acids is 1. The van der Waals surface area contributed by atoms with Crippen LogP contribution in [-0.2, 0) is 13.1 Å². The molecular formula is C43H46N6O2. The number of hydrogen-bond acceptors (Lipinski definition) is 5. The second kappa shape index (κ2) is 14.6. The molecule has 0 N–H and O–H groups in total. The molecule has 8 nitrogen and oxygen atoms in total. The number of benzene rings is 4. The average Bonchev–Trinajstić information content (AvgIpc) is 3.76. The third-order valence-electron chi connectivity index (χ3n) is 10.7. The monoisotopic (exact) mass is 678 g/mol. The molecule has 4 heterocycles. The Balaban J connectivity index is 0.990. The molecule has 2 aromatic heterocycles. The van der Waals surface area contributed by atoms with Gasteiger partial charge in [0.1, 0.15) is 17.3 Å². The van der Waals surface area contributed by atoms with Crippen LogP contribution in [0.2, 0.25) is 0 Å². The molecule has 0 bridgehead atoms. The lowest BCUT2D eigenvalue weighted by Crippen LogP contribution is -2.47. The molecule has 0 radical (unpaired) electrons.